The molecule has 2 N–H and O–H groups in total. The van der Waals surface area contributed by atoms with Crippen LogP contribution in [-0.4, -0.2) is 20.8 Å². The summed E-state index contributed by atoms with van der Waals surface area (Å²) in [5.41, 5.74) is 5.14. The number of para-hydroxylation sites is 1. The smallest absolute Gasteiger partial charge is 0.248 e. The van der Waals surface area contributed by atoms with Crippen LogP contribution in [0.25, 0.3) is 11.8 Å². The van der Waals surface area contributed by atoms with Gasteiger partial charge in [-0.1, -0.05) is 30.3 Å². The largest absolute Gasteiger partial charge is 0.392 e. The zero-order valence-corrected chi connectivity index (χ0v) is 14.8. The van der Waals surface area contributed by atoms with Crippen molar-refractivity contribution in [3.05, 3.63) is 83.2 Å². The number of aromatic nitrogens is 2. The maximum Gasteiger partial charge on any atom is 0.248 e. The van der Waals surface area contributed by atoms with Crippen LogP contribution in [0, 0.1) is 13.8 Å². The van der Waals surface area contributed by atoms with Crippen molar-refractivity contribution in [1.82, 2.24) is 9.78 Å². The molecule has 0 aliphatic heterocycles. The molecule has 0 atom stereocenters. The van der Waals surface area contributed by atoms with Gasteiger partial charge < -0.3 is 10.4 Å². The molecule has 1 aromatic heterocycles. The molecule has 0 fully saturated rings. The minimum Gasteiger partial charge on any atom is -0.392 e. The average Bonchev–Trinajstić information content (AvgIpc) is 2.95. The first kappa shape index (κ1) is 17.6. The van der Waals surface area contributed by atoms with E-state index in [0.29, 0.717) is 5.69 Å². The lowest BCUT2D eigenvalue weighted by atomic mass is 10.1. The van der Waals surface area contributed by atoms with Crippen LogP contribution in [-0.2, 0) is 11.4 Å². The molecule has 5 heteroatoms. The summed E-state index contributed by atoms with van der Waals surface area (Å²) < 4.78 is 1.87. The molecule has 2 aromatic carbocycles. The highest BCUT2D eigenvalue weighted by atomic mass is 16.3. The molecule has 0 aliphatic carbocycles. The minimum atomic E-state index is -0.230. The Kier molecular flexibility index (Phi) is 5.29. The summed E-state index contributed by atoms with van der Waals surface area (Å²) >= 11 is 0. The fourth-order valence-electron chi connectivity index (χ4n) is 2.81. The molecule has 0 radical (unpaired) electrons. The number of benzene rings is 2. The molecule has 0 saturated heterocycles. The molecule has 1 heterocycles. The van der Waals surface area contributed by atoms with Gasteiger partial charge in [-0.2, -0.15) is 5.10 Å². The second kappa shape index (κ2) is 7.80. The van der Waals surface area contributed by atoms with Crippen LogP contribution in [0.2, 0.25) is 0 Å². The van der Waals surface area contributed by atoms with Crippen molar-refractivity contribution < 1.29 is 9.90 Å². The average molecular weight is 347 g/mol. The molecule has 5 nitrogen and oxygen atoms in total. The Labute approximate surface area is 152 Å². The molecule has 1 amide bonds. The van der Waals surface area contributed by atoms with Crippen LogP contribution in [0.1, 0.15) is 22.5 Å². The number of aryl methyl sites for hydroxylation is 1. The van der Waals surface area contributed by atoms with Crippen molar-refractivity contribution >= 4 is 17.7 Å². The van der Waals surface area contributed by atoms with Gasteiger partial charge in [-0.25, -0.2) is 4.68 Å². The second-order valence-electron chi connectivity index (χ2n) is 6.01. The van der Waals surface area contributed by atoms with Crippen molar-refractivity contribution in [3.8, 4) is 5.69 Å². The molecule has 0 bridgehead atoms. The van der Waals surface area contributed by atoms with E-state index in [2.05, 4.69) is 10.4 Å². The third-order valence-electron chi connectivity index (χ3n) is 4.13. The molecular formula is C21H21N3O2. The van der Waals surface area contributed by atoms with Crippen molar-refractivity contribution in [1.29, 1.82) is 0 Å². The summed E-state index contributed by atoms with van der Waals surface area (Å²) in [6.45, 7) is 3.85. The molecule has 3 aromatic rings. The molecular weight excluding hydrogens is 326 g/mol. The third-order valence-corrected chi connectivity index (χ3v) is 4.13. The third kappa shape index (κ3) is 3.90. The Morgan fingerprint density at radius 1 is 1.15 bits per heavy atom. The van der Waals surface area contributed by atoms with Crippen LogP contribution < -0.4 is 5.32 Å². The summed E-state index contributed by atoms with van der Waals surface area (Å²) in [7, 11) is 0. The van der Waals surface area contributed by atoms with E-state index in [-0.39, 0.29) is 12.5 Å². The first-order valence-corrected chi connectivity index (χ1v) is 8.39. The fraction of sp³-hybridized carbons (Fsp3) is 0.143. The van der Waals surface area contributed by atoms with E-state index < -0.39 is 0 Å². The van der Waals surface area contributed by atoms with Crippen molar-refractivity contribution in [2.24, 2.45) is 0 Å². The number of hydrogen-bond acceptors (Lipinski definition) is 3. The highest BCUT2D eigenvalue weighted by Gasteiger charge is 2.10. The van der Waals surface area contributed by atoms with Crippen molar-refractivity contribution in [2.45, 2.75) is 20.5 Å². The number of carbonyl (C=O) groups is 1. The number of anilines is 1. The van der Waals surface area contributed by atoms with E-state index in [4.69, 9.17) is 5.11 Å². The van der Waals surface area contributed by atoms with Gasteiger partial charge in [-0.05, 0) is 49.8 Å². The number of amides is 1. The van der Waals surface area contributed by atoms with Gasteiger partial charge in [0.2, 0.25) is 5.91 Å². The first-order chi connectivity index (χ1) is 12.6. The van der Waals surface area contributed by atoms with Crippen LogP contribution in [0.5, 0.6) is 0 Å². The standard InChI is InChI=1S/C21H21N3O2/c1-15-20(16(2)24(23-15)19-9-4-3-5-10-19)11-12-21(26)22-18-8-6-7-17(13-18)14-25/h3-13,25H,14H2,1-2H3,(H,22,26)/b12-11+. The van der Waals surface area contributed by atoms with E-state index in [0.717, 1.165) is 28.2 Å². The van der Waals surface area contributed by atoms with Gasteiger partial charge in [-0.3, -0.25) is 4.79 Å². The van der Waals surface area contributed by atoms with Gasteiger partial charge in [0, 0.05) is 23.0 Å². The first-order valence-electron chi connectivity index (χ1n) is 8.39. The number of rotatable bonds is 5. The quantitative estimate of drug-likeness (QED) is 0.693. The minimum absolute atomic E-state index is 0.0589. The van der Waals surface area contributed by atoms with Gasteiger partial charge >= 0.3 is 0 Å². The summed E-state index contributed by atoms with van der Waals surface area (Å²) in [5, 5.41) is 16.5. The van der Waals surface area contributed by atoms with E-state index >= 15 is 0 Å². The number of aliphatic hydroxyl groups is 1. The Morgan fingerprint density at radius 3 is 2.65 bits per heavy atom. The topological polar surface area (TPSA) is 67.2 Å². The predicted molar refractivity (Wildman–Crippen MR) is 103 cm³/mol. The molecule has 0 saturated carbocycles. The SMILES string of the molecule is Cc1nn(-c2ccccc2)c(C)c1/C=C/C(=O)Nc1cccc(CO)c1. The fourth-order valence-corrected chi connectivity index (χ4v) is 2.81. The van der Waals surface area contributed by atoms with Crippen LogP contribution >= 0.6 is 0 Å². The Morgan fingerprint density at radius 2 is 1.92 bits per heavy atom. The summed E-state index contributed by atoms with van der Waals surface area (Å²) in [4.78, 5) is 12.2. The molecule has 132 valence electrons. The van der Waals surface area contributed by atoms with Gasteiger partial charge in [0.25, 0.3) is 0 Å². The van der Waals surface area contributed by atoms with Gasteiger partial charge in [0.1, 0.15) is 0 Å². The van der Waals surface area contributed by atoms with Crippen LogP contribution in [0.15, 0.2) is 60.7 Å². The number of aliphatic hydroxyl groups excluding tert-OH is 1. The Balaban J connectivity index is 1.78. The second-order valence-corrected chi connectivity index (χ2v) is 6.01. The van der Waals surface area contributed by atoms with Crippen LogP contribution in [0.3, 0.4) is 0 Å². The van der Waals surface area contributed by atoms with Crippen molar-refractivity contribution in [3.63, 3.8) is 0 Å². The number of nitrogens with one attached hydrogen (secondary N) is 1. The van der Waals surface area contributed by atoms with Crippen molar-refractivity contribution in [2.75, 3.05) is 5.32 Å². The maximum absolute atomic E-state index is 12.2. The summed E-state index contributed by atoms with van der Waals surface area (Å²) in [5.74, 6) is -0.230. The molecule has 0 spiro atoms. The summed E-state index contributed by atoms with van der Waals surface area (Å²) in [6, 6.07) is 17.0. The monoisotopic (exact) mass is 347 g/mol. The Hall–Kier alpha value is -3.18. The number of nitrogens with zero attached hydrogens (tertiary/aromatic N) is 2. The molecule has 0 unspecified atom stereocenters. The van der Waals surface area contributed by atoms with Gasteiger partial charge in [0.05, 0.1) is 18.0 Å². The molecule has 26 heavy (non-hydrogen) atoms. The number of hydrogen-bond donors (Lipinski definition) is 2. The Bertz CT molecular complexity index is 943. The van der Waals surface area contributed by atoms with Gasteiger partial charge in [0.15, 0.2) is 0 Å². The lowest BCUT2D eigenvalue weighted by Crippen LogP contribution is -2.08. The predicted octanol–water partition coefficient (Wildman–Crippen LogP) is 3.63. The normalized spacial score (nSPS) is 11.0. The zero-order valence-electron chi connectivity index (χ0n) is 14.8. The highest BCUT2D eigenvalue weighted by molar-refractivity contribution is 6.02. The molecule has 0 aliphatic rings. The van der Waals surface area contributed by atoms with E-state index in [1.54, 1.807) is 30.3 Å². The number of carbonyl (C=O) groups excluding carboxylic acids is 1. The van der Waals surface area contributed by atoms with E-state index in [1.165, 1.54) is 6.08 Å². The van der Waals surface area contributed by atoms with Gasteiger partial charge in [-0.15, -0.1) is 0 Å². The molecule has 3 rings (SSSR count). The van der Waals surface area contributed by atoms with E-state index in [9.17, 15) is 4.79 Å². The lowest BCUT2D eigenvalue weighted by Gasteiger charge is -2.04. The zero-order chi connectivity index (χ0) is 18.5. The maximum atomic E-state index is 12.2. The highest BCUT2D eigenvalue weighted by Crippen LogP contribution is 2.19. The van der Waals surface area contributed by atoms with Crippen LogP contribution in [0.4, 0.5) is 5.69 Å². The lowest BCUT2D eigenvalue weighted by molar-refractivity contribution is -0.111. The summed E-state index contributed by atoms with van der Waals surface area (Å²) in [6.07, 6.45) is 3.28. The van der Waals surface area contributed by atoms with E-state index in [1.807, 2.05) is 48.9 Å².